The lowest BCUT2D eigenvalue weighted by molar-refractivity contribution is 0.0670. The van der Waals surface area contributed by atoms with E-state index in [9.17, 15) is 4.79 Å². The molecule has 128 valence electrons. The van der Waals surface area contributed by atoms with Crippen molar-refractivity contribution in [2.24, 2.45) is 0 Å². The summed E-state index contributed by atoms with van der Waals surface area (Å²) in [6.07, 6.45) is 2.23. The summed E-state index contributed by atoms with van der Waals surface area (Å²) in [6, 6.07) is 2.11. The summed E-state index contributed by atoms with van der Waals surface area (Å²) in [5.74, 6) is 1.49. The third kappa shape index (κ3) is 2.64. The molecule has 0 N–H and O–H groups in total. The van der Waals surface area contributed by atoms with Crippen LogP contribution in [0.3, 0.4) is 0 Å². The Kier molecular flexibility index (Phi) is 3.34. The SMILES string of the molecule is Cc1nc(C2CC2)oc1C(=O)N1CCn2nc(C(C)(C)C)cc2C1. The van der Waals surface area contributed by atoms with E-state index in [2.05, 4.69) is 36.9 Å². The van der Waals surface area contributed by atoms with Crippen LogP contribution in [0.1, 0.15) is 73.1 Å². The molecule has 6 nitrogen and oxygen atoms in total. The third-order valence-electron chi connectivity index (χ3n) is 4.79. The van der Waals surface area contributed by atoms with Gasteiger partial charge in [-0.1, -0.05) is 20.8 Å². The first-order chi connectivity index (χ1) is 11.3. The number of oxazole rings is 1. The fraction of sp³-hybridized carbons (Fsp3) is 0.611. The largest absolute Gasteiger partial charge is 0.435 e. The van der Waals surface area contributed by atoms with Gasteiger partial charge in [-0.15, -0.1) is 0 Å². The predicted octanol–water partition coefficient (Wildman–Crippen LogP) is 3.01. The van der Waals surface area contributed by atoms with E-state index in [1.54, 1.807) is 0 Å². The van der Waals surface area contributed by atoms with Gasteiger partial charge in [0.15, 0.2) is 5.89 Å². The van der Waals surface area contributed by atoms with Gasteiger partial charge in [-0.05, 0) is 25.8 Å². The zero-order chi connectivity index (χ0) is 17.1. The Labute approximate surface area is 141 Å². The maximum absolute atomic E-state index is 12.9. The summed E-state index contributed by atoms with van der Waals surface area (Å²) in [5, 5.41) is 4.68. The normalized spacial score (nSPS) is 17.9. The lowest BCUT2D eigenvalue weighted by Crippen LogP contribution is -2.38. The van der Waals surface area contributed by atoms with Gasteiger partial charge in [-0.3, -0.25) is 9.48 Å². The van der Waals surface area contributed by atoms with Crippen molar-refractivity contribution in [2.45, 2.75) is 65.0 Å². The molecule has 3 heterocycles. The number of fused-ring (bicyclic) bond motifs is 1. The molecule has 0 spiro atoms. The van der Waals surface area contributed by atoms with E-state index in [0.717, 1.165) is 36.7 Å². The molecule has 2 aliphatic rings. The minimum absolute atomic E-state index is 0.0138. The molecule has 1 aliphatic carbocycles. The zero-order valence-electron chi connectivity index (χ0n) is 14.8. The maximum Gasteiger partial charge on any atom is 0.291 e. The highest BCUT2D eigenvalue weighted by Crippen LogP contribution is 2.40. The molecule has 2 aromatic heterocycles. The number of carbonyl (C=O) groups is 1. The Bertz CT molecular complexity index is 793. The highest BCUT2D eigenvalue weighted by molar-refractivity contribution is 5.92. The van der Waals surface area contributed by atoms with Gasteiger partial charge in [-0.25, -0.2) is 4.98 Å². The molecule has 4 rings (SSSR count). The topological polar surface area (TPSA) is 64.2 Å². The summed E-state index contributed by atoms with van der Waals surface area (Å²) in [6.45, 7) is 10.3. The molecule has 0 atom stereocenters. The van der Waals surface area contributed by atoms with Crippen molar-refractivity contribution in [3.63, 3.8) is 0 Å². The number of aromatic nitrogens is 3. The summed E-state index contributed by atoms with van der Waals surface area (Å²) >= 11 is 0. The van der Waals surface area contributed by atoms with Gasteiger partial charge in [0.25, 0.3) is 5.91 Å². The van der Waals surface area contributed by atoms with E-state index >= 15 is 0 Å². The Morgan fingerprint density at radius 2 is 2.04 bits per heavy atom. The van der Waals surface area contributed by atoms with Crippen LogP contribution in [0.5, 0.6) is 0 Å². The molecule has 1 saturated carbocycles. The fourth-order valence-corrected chi connectivity index (χ4v) is 3.07. The maximum atomic E-state index is 12.9. The monoisotopic (exact) mass is 328 g/mol. The lowest BCUT2D eigenvalue weighted by Gasteiger charge is -2.26. The lowest BCUT2D eigenvalue weighted by atomic mass is 9.92. The third-order valence-corrected chi connectivity index (χ3v) is 4.79. The number of amides is 1. The van der Waals surface area contributed by atoms with Crippen molar-refractivity contribution >= 4 is 5.91 Å². The van der Waals surface area contributed by atoms with Crippen molar-refractivity contribution < 1.29 is 9.21 Å². The second-order valence-corrected chi connectivity index (χ2v) is 7.96. The second kappa shape index (κ2) is 5.19. The quantitative estimate of drug-likeness (QED) is 0.850. The Morgan fingerprint density at radius 1 is 1.29 bits per heavy atom. The number of nitrogens with zero attached hydrogens (tertiary/aromatic N) is 4. The number of carbonyl (C=O) groups excluding carboxylic acids is 1. The van der Waals surface area contributed by atoms with Crippen molar-refractivity contribution in [1.29, 1.82) is 0 Å². The molecule has 0 unspecified atom stereocenters. The second-order valence-electron chi connectivity index (χ2n) is 7.96. The molecule has 1 amide bonds. The van der Waals surface area contributed by atoms with Crippen LogP contribution < -0.4 is 0 Å². The van der Waals surface area contributed by atoms with Gasteiger partial charge in [0.2, 0.25) is 5.76 Å². The van der Waals surface area contributed by atoms with Crippen LogP contribution in [0.25, 0.3) is 0 Å². The van der Waals surface area contributed by atoms with Crippen LogP contribution in [0.15, 0.2) is 10.5 Å². The van der Waals surface area contributed by atoms with Crippen molar-refractivity contribution in [3.8, 4) is 0 Å². The summed E-state index contributed by atoms with van der Waals surface area (Å²) < 4.78 is 7.80. The van der Waals surface area contributed by atoms with E-state index < -0.39 is 0 Å². The minimum atomic E-state index is -0.0586. The highest BCUT2D eigenvalue weighted by Gasteiger charge is 2.33. The Morgan fingerprint density at radius 3 is 2.71 bits per heavy atom. The van der Waals surface area contributed by atoms with Crippen LogP contribution in [0, 0.1) is 6.92 Å². The fourth-order valence-electron chi connectivity index (χ4n) is 3.07. The molecule has 0 aromatic carbocycles. The van der Waals surface area contributed by atoms with Crippen LogP contribution in [-0.2, 0) is 18.5 Å². The first-order valence-electron chi connectivity index (χ1n) is 8.67. The standard InChI is InChI=1S/C18H24N4O2/c1-11-15(24-16(19-11)12-5-6-12)17(23)21-7-8-22-13(10-21)9-14(20-22)18(2,3)4/h9,12H,5-8,10H2,1-4H3. The van der Waals surface area contributed by atoms with Gasteiger partial charge >= 0.3 is 0 Å². The van der Waals surface area contributed by atoms with Crippen LogP contribution in [-0.4, -0.2) is 32.1 Å². The molecule has 1 fully saturated rings. The van der Waals surface area contributed by atoms with E-state index in [1.807, 2.05) is 16.5 Å². The minimum Gasteiger partial charge on any atom is -0.435 e. The molecule has 0 radical (unpaired) electrons. The van der Waals surface area contributed by atoms with E-state index in [0.29, 0.717) is 30.5 Å². The molecule has 1 aliphatic heterocycles. The van der Waals surface area contributed by atoms with Gasteiger partial charge in [0.05, 0.1) is 30.2 Å². The molecule has 0 bridgehead atoms. The number of aryl methyl sites for hydroxylation is 1. The number of rotatable bonds is 2. The van der Waals surface area contributed by atoms with Gasteiger partial charge in [0, 0.05) is 17.9 Å². The number of hydrogen-bond acceptors (Lipinski definition) is 4. The summed E-state index contributed by atoms with van der Waals surface area (Å²) in [7, 11) is 0. The first kappa shape index (κ1) is 15.4. The van der Waals surface area contributed by atoms with Crippen molar-refractivity contribution in [1.82, 2.24) is 19.7 Å². The Balaban J connectivity index is 1.55. The van der Waals surface area contributed by atoms with Crippen LogP contribution >= 0.6 is 0 Å². The van der Waals surface area contributed by atoms with E-state index in [4.69, 9.17) is 4.42 Å². The summed E-state index contributed by atoms with van der Waals surface area (Å²) in [4.78, 5) is 19.1. The van der Waals surface area contributed by atoms with Crippen LogP contribution in [0.2, 0.25) is 0 Å². The number of hydrogen-bond donors (Lipinski definition) is 0. The van der Waals surface area contributed by atoms with Gasteiger partial charge < -0.3 is 9.32 Å². The average molecular weight is 328 g/mol. The van der Waals surface area contributed by atoms with Crippen molar-refractivity contribution in [2.75, 3.05) is 6.54 Å². The molecule has 0 saturated heterocycles. The summed E-state index contributed by atoms with van der Waals surface area (Å²) in [5.41, 5.74) is 2.87. The predicted molar refractivity (Wildman–Crippen MR) is 88.9 cm³/mol. The van der Waals surface area contributed by atoms with E-state index in [1.165, 1.54) is 0 Å². The smallest absolute Gasteiger partial charge is 0.291 e. The van der Waals surface area contributed by atoms with Crippen LogP contribution in [0.4, 0.5) is 0 Å². The average Bonchev–Trinajstić information content (AvgIpc) is 3.15. The van der Waals surface area contributed by atoms with E-state index in [-0.39, 0.29) is 11.3 Å². The Hall–Kier alpha value is -2.11. The molecule has 24 heavy (non-hydrogen) atoms. The zero-order valence-corrected chi connectivity index (χ0v) is 14.8. The first-order valence-corrected chi connectivity index (χ1v) is 8.67. The highest BCUT2D eigenvalue weighted by atomic mass is 16.4. The molecular weight excluding hydrogens is 304 g/mol. The molecular formula is C18H24N4O2. The van der Waals surface area contributed by atoms with Gasteiger partial charge in [0.1, 0.15) is 0 Å². The van der Waals surface area contributed by atoms with Crippen molar-refractivity contribution in [3.05, 3.63) is 34.8 Å². The molecule has 2 aromatic rings. The molecule has 6 heteroatoms. The van der Waals surface area contributed by atoms with Gasteiger partial charge in [-0.2, -0.15) is 5.10 Å².